The van der Waals surface area contributed by atoms with Crippen LogP contribution in [-0.4, -0.2) is 47.7 Å². The number of carboxylic acid groups (broad SMARTS) is 1. The van der Waals surface area contributed by atoms with Crippen LogP contribution in [0.15, 0.2) is 0 Å². The molecule has 1 heterocycles. The number of nitrogens with two attached hydrogens (primary N) is 1. The molecular formula is C14H27N3O3. The predicted molar refractivity (Wildman–Crippen MR) is 77.4 cm³/mol. The molecule has 0 spiro atoms. The van der Waals surface area contributed by atoms with Crippen LogP contribution in [0.2, 0.25) is 0 Å². The summed E-state index contributed by atoms with van der Waals surface area (Å²) in [5.74, 6) is -0.652. The number of nitrogens with zero attached hydrogens (tertiary/aromatic N) is 1. The quantitative estimate of drug-likeness (QED) is 0.656. The van der Waals surface area contributed by atoms with E-state index in [1.165, 1.54) is 0 Å². The minimum absolute atomic E-state index is 0.0280. The van der Waals surface area contributed by atoms with Crippen LogP contribution in [-0.2, 0) is 4.79 Å². The van der Waals surface area contributed by atoms with Gasteiger partial charge in [0.2, 0.25) is 0 Å². The first-order valence-electron chi connectivity index (χ1n) is 7.42. The fourth-order valence-electron chi connectivity index (χ4n) is 2.44. The number of likely N-dealkylation sites (tertiary alicyclic amines) is 1. The van der Waals surface area contributed by atoms with Crippen molar-refractivity contribution in [1.29, 1.82) is 0 Å². The molecule has 0 aromatic carbocycles. The Morgan fingerprint density at radius 2 is 2.10 bits per heavy atom. The summed E-state index contributed by atoms with van der Waals surface area (Å²) < 4.78 is 0. The Labute approximate surface area is 120 Å². The van der Waals surface area contributed by atoms with Crippen molar-refractivity contribution >= 4 is 12.0 Å². The molecule has 1 saturated heterocycles. The smallest absolute Gasteiger partial charge is 0.317 e. The summed E-state index contributed by atoms with van der Waals surface area (Å²) in [5.41, 5.74) is 5.61. The second-order valence-corrected chi connectivity index (χ2v) is 5.86. The lowest BCUT2D eigenvalue weighted by molar-refractivity contribution is -0.141. The average molecular weight is 285 g/mol. The van der Waals surface area contributed by atoms with E-state index in [0.29, 0.717) is 18.9 Å². The SMILES string of the molecule is CC(CCCC(C)C(=O)O)NC(=O)N1CCC(CN)C1. The lowest BCUT2D eigenvalue weighted by atomic mass is 10.0. The third-order valence-corrected chi connectivity index (χ3v) is 3.97. The summed E-state index contributed by atoms with van der Waals surface area (Å²) in [6.07, 6.45) is 3.24. The first-order chi connectivity index (χ1) is 9.43. The molecule has 0 aromatic heterocycles. The molecular weight excluding hydrogens is 258 g/mol. The van der Waals surface area contributed by atoms with Gasteiger partial charge < -0.3 is 21.1 Å². The second-order valence-electron chi connectivity index (χ2n) is 5.86. The molecule has 0 saturated carbocycles. The van der Waals surface area contributed by atoms with Gasteiger partial charge in [-0.3, -0.25) is 4.79 Å². The predicted octanol–water partition coefficient (Wildman–Crippen LogP) is 1.26. The van der Waals surface area contributed by atoms with Gasteiger partial charge in [0.25, 0.3) is 0 Å². The van der Waals surface area contributed by atoms with Crippen molar-refractivity contribution in [2.75, 3.05) is 19.6 Å². The highest BCUT2D eigenvalue weighted by Crippen LogP contribution is 2.15. The van der Waals surface area contributed by atoms with Gasteiger partial charge in [-0.1, -0.05) is 13.3 Å². The zero-order valence-electron chi connectivity index (χ0n) is 12.5. The first kappa shape index (κ1) is 16.8. The number of hydrogen-bond acceptors (Lipinski definition) is 3. The van der Waals surface area contributed by atoms with Crippen LogP contribution in [0.5, 0.6) is 0 Å². The van der Waals surface area contributed by atoms with Crippen molar-refractivity contribution in [2.45, 2.75) is 45.6 Å². The number of aliphatic carboxylic acids is 1. The Morgan fingerprint density at radius 1 is 1.40 bits per heavy atom. The lowest BCUT2D eigenvalue weighted by Gasteiger charge is -2.21. The molecule has 3 unspecified atom stereocenters. The molecule has 116 valence electrons. The van der Waals surface area contributed by atoms with Crippen LogP contribution >= 0.6 is 0 Å². The zero-order valence-corrected chi connectivity index (χ0v) is 12.5. The normalized spacial score (nSPS) is 21.6. The fourth-order valence-corrected chi connectivity index (χ4v) is 2.44. The van der Waals surface area contributed by atoms with Crippen LogP contribution < -0.4 is 11.1 Å². The second kappa shape index (κ2) is 8.09. The van der Waals surface area contributed by atoms with E-state index >= 15 is 0 Å². The molecule has 2 amide bonds. The molecule has 1 rings (SSSR count). The van der Waals surface area contributed by atoms with Crippen molar-refractivity contribution < 1.29 is 14.7 Å². The Balaban J connectivity index is 2.20. The third-order valence-electron chi connectivity index (χ3n) is 3.97. The molecule has 3 atom stereocenters. The van der Waals surface area contributed by atoms with E-state index in [1.54, 1.807) is 6.92 Å². The highest BCUT2D eigenvalue weighted by Gasteiger charge is 2.25. The van der Waals surface area contributed by atoms with E-state index in [4.69, 9.17) is 10.8 Å². The topological polar surface area (TPSA) is 95.7 Å². The van der Waals surface area contributed by atoms with Crippen LogP contribution in [0.3, 0.4) is 0 Å². The number of urea groups is 1. The minimum Gasteiger partial charge on any atom is -0.481 e. The molecule has 0 bridgehead atoms. The number of carbonyl (C=O) groups is 2. The van der Waals surface area contributed by atoms with Crippen molar-refractivity contribution in [3.63, 3.8) is 0 Å². The Morgan fingerprint density at radius 3 is 2.65 bits per heavy atom. The Hall–Kier alpha value is -1.30. The van der Waals surface area contributed by atoms with Crippen molar-refractivity contribution in [2.24, 2.45) is 17.6 Å². The van der Waals surface area contributed by atoms with Gasteiger partial charge in [0.15, 0.2) is 0 Å². The van der Waals surface area contributed by atoms with Crippen LogP contribution in [0.1, 0.15) is 39.5 Å². The molecule has 1 aliphatic rings. The number of amides is 2. The van der Waals surface area contributed by atoms with E-state index < -0.39 is 5.97 Å². The van der Waals surface area contributed by atoms with Gasteiger partial charge in [0.05, 0.1) is 5.92 Å². The number of hydrogen-bond donors (Lipinski definition) is 3. The summed E-state index contributed by atoms with van der Waals surface area (Å²) in [6.45, 7) is 5.82. The molecule has 0 radical (unpaired) electrons. The largest absolute Gasteiger partial charge is 0.481 e. The lowest BCUT2D eigenvalue weighted by Crippen LogP contribution is -2.43. The molecule has 0 aromatic rings. The van der Waals surface area contributed by atoms with Gasteiger partial charge in [-0.05, 0) is 38.6 Å². The van der Waals surface area contributed by atoms with E-state index in [-0.39, 0.29) is 18.0 Å². The minimum atomic E-state index is -0.758. The standard InChI is InChI=1S/C14H27N3O3/c1-10(13(18)19)4-3-5-11(2)16-14(20)17-7-6-12(8-15)9-17/h10-12H,3-9,15H2,1-2H3,(H,16,20)(H,18,19). The fraction of sp³-hybridized carbons (Fsp3) is 0.857. The number of carboxylic acids is 1. The van der Waals surface area contributed by atoms with E-state index in [2.05, 4.69) is 5.32 Å². The molecule has 0 aliphatic carbocycles. The number of rotatable bonds is 7. The maximum Gasteiger partial charge on any atom is 0.317 e. The van der Waals surface area contributed by atoms with Gasteiger partial charge in [-0.25, -0.2) is 4.79 Å². The molecule has 6 nitrogen and oxygen atoms in total. The first-order valence-corrected chi connectivity index (χ1v) is 7.42. The highest BCUT2D eigenvalue weighted by atomic mass is 16.4. The Bertz CT molecular complexity index is 336. The maximum absolute atomic E-state index is 12.0. The number of nitrogens with one attached hydrogen (secondary N) is 1. The summed E-state index contributed by atoms with van der Waals surface area (Å²) in [6, 6.07) is 0.0418. The zero-order chi connectivity index (χ0) is 15.1. The van der Waals surface area contributed by atoms with E-state index in [0.717, 1.165) is 32.4 Å². The van der Waals surface area contributed by atoms with E-state index in [9.17, 15) is 9.59 Å². The van der Waals surface area contributed by atoms with Gasteiger partial charge in [0, 0.05) is 19.1 Å². The monoisotopic (exact) mass is 285 g/mol. The summed E-state index contributed by atoms with van der Waals surface area (Å²) in [4.78, 5) is 24.5. The molecule has 6 heteroatoms. The van der Waals surface area contributed by atoms with Crippen LogP contribution in [0.25, 0.3) is 0 Å². The van der Waals surface area contributed by atoms with Crippen LogP contribution in [0, 0.1) is 11.8 Å². The molecule has 20 heavy (non-hydrogen) atoms. The molecule has 1 aliphatic heterocycles. The van der Waals surface area contributed by atoms with Crippen molar-refractivity contribution in [1.82, 2.24) is 10.2 Å². The Kier molecular flexibility index (Phi) is 6.78. The van der Waals surface area contributed by atoms with Crippen molar-refractivity contribution in [3.8, 4) is 0 Å². The summed E-state index contributed by atoms with van der Waals surface area (Å²) >= 11 is 0. The van der Waals surface area contributed by atoms with Gasteiger partial charge in [0.1, 0.15) is 0 Å². The van der Waals surface area contributed by atoms with Gasteiger partial charge in [-0.2, -0.15) is 0 Å². The number of carbonyl (C=O) groups excluding carboxylic acids is 1. The molecule has 4 N–H and O–H groups in total. The third kappa shape index (κ3) is 5.36. The van der Waals surface area contributed by atoms with Crippen LogP contribution in [0.4, 0.5) is 4.79 Å². The molecule has 1 fully saturated rings. The van der Waals surface area contributed by atoms with E-state index in [1.807, 2.05) is 11.8 Å². The van der Waals surface area contributed by atoms with Gasteiger partial charge >= 0.3 is 12.0 Å². The average Bonchev–Trinajstić information content (AvgIpc) is 2.87. The van der Waals surface area contributed by atoms with Gasteiger partial charge in [-0.15, -0.1) is 0 Å². The van der Waals surface area contributed by atoms with Crippen molar-refractivity contribution in [3.05, 3.63) is 0 Å². The maximum atomic E-state index is 12.0. The highest BCUT2D eigenvalue weighted by molar-refractivity contribution is 5.74. The summed E-state index contributed by atoms with van der Waals surface area (Å²) in [7, 11) is 0. The summed E-state index contributed by atoms with van der Waals surface area (Å²) in [5, 5.41) is 11.8.